The quantitative estimate of drug-likeness (QED) is 0.868. The first-order valence-corrected chi connectivity index (χ1v) is 8.42. The first-order valence-electron chi connectivity index (χ1n) is 5.35. The predicted octanol–water partition coefficient (Wildman–Crippen LogP) is 3.21. The van der Waals surface area contributed by atoms with E-state index in [-0.39, 0.29) is 4.90 Å². The van der Waals surface area contributed by atoms with Gasteiger partial charge in [-0.05, 0) is 59.3 Å². The van der Waals surface area contributed by atoms with Gasteiger partial charge in [0.15, 0.2) is 0 Å². The highest BCUT2D eigenvalue weighted by Crippen LogP contribution is 2.31. The highest BCUT2D eigenvalue weighted by atomic mass is 79.9. The Bertz CT molecular complexity index is 539. The molecule has 3 nitrogen and oxygen atoms in total. The maximum atomic E-state index is 12.1. The number of benzene rings is 1. The second kappa shape index (κ2) is 4.99. The molecule has 1 fully saturated rings. The summed E-state index contributed by atoms with van der Waals surface area (Å²) in [5.74, 6) is 0.525. The van der Waals surface area contributed by atoms with Crippen LogP contribution < -0.4 is 4.72 Å². The molecule has 1 aromatic rings. The molecular weight excluding hydrogens is 370 g/mol. The molecule has 1 N–H and O–H groups in total. The average molecular weight is 383 g/mol. The van der Waals surface area contributed by atoms with Crippen molar-refractivity contribution in [2.45, 2.75) is 24.7 Å². The van der Waals surface area contributed by atoms with Crippen molar-refractivity contribution in [3.05, 3.63) is 26.6 Å². The minimum Gasteiger partial charge on any atom is -0.211 e. The molecule has 0 spiro atoms. The Balaban J connectivity index is 2.27. The molecule has 6 heteroatoms. The Hall–Kier alpha value is 0.0900. The topological polar surface area (TPSA) is 46.2 Å². The fraction of sp³-hybridized carbons (Fsp3) is 0.455. The normalized spacial score (nSPS) is 16.2. The number of aryl methyl sites for hydroxylation is 1. The third-order valence-corrected chi connectivity index (χ3v) is 6.00. The summed E-state index contributed by atoms with van der Waals surface area (Å²) in [6.07, 6.45) is 2.25. The number of nitrogens with one attached hydrogen (secondary N) is 1. The highest BCUT2D eigenvalue weighted by molar-refractivity contribution is 9.11. The van der Waals surface area contributed by atoms with Gasteiger partial charge in [-0.2, -0.15) is 0 Å². The molecule has 0 heterocycles. The smallest absolute Gasteiger partial charge is 0.211 e. The van der Waals surface area contributed by atoms with Gasteiger partial charge in [0.2, 0.25) is 10.0 Å². The Morgan fingerprint density at radius 2 is 1.94 bits per heavy atom. The van der Waals surface area contributed by atoms with Gasteiger partial charge in [-0.15, -0.1) is 0 Å². The zero-order valence-electron chi connectivity index (χ0n) is 9.33. The van der Waals surface area contributed by atoms with E-state index in [1.54, 1.807) is 12.1 Å². The third kappa shape index (κ3) is 3.30. The van der Waals surface area contributed by atoms with E-state index in [2.05, 4.69) is 36.6 Å². The van der Waals surface area contributed by atoms with E-state index in [1.165, 1.54) is 0 Å². The predicted molar refractivity (Wildman–Crippen MR) is 74.5 cm³/mol. The number of hydrogen-bond acceptors (Lipinski definition) is 2. The van der Waals surface area contributed by atoms with Crippen LogP contribution in [0.3, 0.4) is 0 Å². The second-order valence-corrected chi connectivity index (χ2v) is 7.77. The van der Waals surface area contributed by atoms with Crippen molar-refractivity contribution >= 4 is 41.9 Å². The van der Waals surface area contributed by atoms with Crippen molar-refractivity contribution in [1.29, 1.82) is 0 Å². The Morgan fingerprint density at radius 3 is 2.53 bits per heavy atom. The zero-order valence-corrected chi connectivity index (χ0v) is 13.3. The summed E-state index contributed by atoms with van der Waals surface area (Å²) < 4.78 is 28.2. The number of sulfonamides is 1. The van der Waals surface area contributed by atoms with Gasteiger partial charge in [0.05, 0.1) is 4.90 Å². The van der Waals surface area contributed by atoms with E-state index in [0.29, 0.717) is 16.9 Å². The van der Waals surface area contributed by atoms with Gasteiger partial charge in [0, 0.05) is 15.5 Å². The molecule has 0 atom stereocenters. The van der Waals surface area contributed by atoms with Crippen molar-refractivity contribution in [3.63, 3.8) is 0 Å². The van der Waals surface area contributed by atoms with Crippen LogP contribution in [0.1, 0.15) is 18.4 Å². The molecule has 0 amide bonds. The van der Waals surface area contributed by atoms with E-state index in [4.69, 9.17) is 0 Å². The monoisotopic (exact) mass is 381 g/mol. The van der Waals surface area contributed by atoms with Crippen LogP contribution in [0.2, 0.25) is 0 Å². The fourth-order valence-electron chi connectivity index (χ4n) is 1.46. The largest absolute Gasteiger partial charge is 0.241 e. The van der Waals surface area contributed by atoms with Crippen LogP contribution in [0.15, 0.2) is 26.0 Å². The van der Waals surface area contributed by atoms with E-state index >= 15 is 0 Å². The van der Waals surface area contributed by atoms with Gasteiger partial charge >= 0.3 is 0 Å². The average Bonchev–Trinajstić information content (AvgIpc) is 3.04. The first kappa shape index (κ1) is 13.5. The lowest BCUT2D eigenvalue weighted by Crippen LogP contribution is -2.26. The Kier molecular flexibility index (Phi) is 3.97. The lowest BCUT2D eigenvalue weighted by molar-refractivity contribution is 0.577. The van der Waals surface area contributed by atoms with Crippen molar-refractivity contribution in [2.75, 3.05) is 6.54 Å². The molecule has 0 unspecified atom stereocenters. The van der Waals surface area contributed by atoms with Crippen molar-refractivity contribution < 1.29 is 8.42 Å². The number of rotatable bonds is 4. The van der Waals surface area contributed by atoms with Gasteiger partial charge in [-0.25, -0.2) is 13.1 Å². The minimum absolute atomic E-state index is 0.288. The summed E-state index contributed by atoms with van der Waals surface area (Å²) in [5.41, 5.74) is 0.998. The molecule has 0 radical (unpaired) electrons. The molecule has 0 bridgehead atoms. The SMILES string of the molecule is Cc1cc(Br)c(S(=O)(=O)NCC2CC2)cc1Br. The molecule has 0 saturated heterocycles. The summed E-state index contributed by atoms with van der Waals surface area (Å²) >= 11 is 6.65. The van der Waals surface area contributed by atoms with Crippen LogP contribution in [0.5, 0.6) is 0 Å². The standard InChI is InChI=1S/C11H13Br2NO2S/c1-7-4-10(13)11(5-9(7)12)17(15,16)14-6-8-2-3-8/h4-5,8,14H,2-3,6H2,1H3. The molecular formula is C11H13Br2NO2S. The van der Waals surface area contributed by atoms with Crippen molar-refractivity contribution in [2.24, 2.45) is 5.92 Å². The van der Waals surface area contributed by atoms with Crippen molar-refractivity contribution in [3.8, 4) is 0 Å². The highest BCUT2D eigenvalue weighted by Gasteiger charge is 2.25. The van der Waals surface area contributed by atoms with Crippen LogP contribution in [0.25, 0.3) is 0 Å². The Morgan fingerprint density at radius 1 is 1.29 bits per heavy atom. The van der Waals surface area contributed by atoms with Crippen LogP contribution in [-0.4, -0.2) is 15.0 Å². The molecule has 1 aliphatic rings. The zero-order chi connectivity index (χ0) is 12.6. The number of halogens is 2. The first-order chi connectivity index (χ1) is 7.90. The lowest BCUT2D eigenvalue weighted by atomic mass is 10.2. The van der Waals surface area contributed by atoms with Crippen molar-refractivity contribution in [1.82, 2.24) is 4.72 Å². The van der Waals surface area contributed by atoms with Gasteiger partial charge in [0.25, 0.3) is 0 Å². The van der Waals surface area contributed by atoms with Crippen LogP contribution in [0, 0.1) is 12.8 Å². The van der Waals surface area contributed by atoms with E-state index in [0.717, 1.165) is 22.9 Å². The maximum absolute atomic E-state index is 12.1. The molecule has 0 aromatic heterocycles. The summed E-state index contributed by atoms with van der Waals surface area (Å²) in [6, 6.07) is 3.43. The summed E-state index contributed by atoms with van der Waals surface area (Å²) in [5, 5.41) is 0. The molecule has 1 aromatic carbocycles. The van der Waals surface area contributed by atoms with Gasteiger partial charge in [-0.1, -0.05) is 15.9 Å². The van der Waals surface area contributed by atoms with Gasteiger partial charge in [0.1, 0.15) is 0 Å². The third-order valence-electron chi connectivity index (χ3n) is 2.76. The number of hydrogen-bond donors (Lipinski definition) is 1. The minimum atomic E-state index is -3.41. The maximum Gasteiger partial charge on any atom is 0.241 e. The summed E-state index contributed by atoms with van der Waals surface area (Å²) in [6.45, 7) is 2.46. The molecule has 0 aliphatic heterocycles. The molecule has 1 aliphatic carbocycles. The molecule has 17 heavy (non-hydrogen) atoms. The van der Waals surface area contributed by atoms with Crippen LogP contribution in [0.4, 0.5) is 0 Å². The van der Waals surface area contributed by atoms with Gasteiger partial charge < -0.3 is 0 Å². The molecule has 1 saturated carbocycles. The summed E-state index contributed by atoms with van der Waals surface area (Å²) in [7, 11) is -3.41. The molecule has 2 rings (SSSR count). The lowest BCUT2D eigenvalue weighted by Gasteiger charge is -2.10. The summed E-state index contributed by atoms with van der Waals surface area (Å²) in [4.78, 5) is 0.288. The van der Waals surface area contributed by atoms with E-state index in [9.17, 15) is 8.42 Å². The Labute approximate surface area is 118 Å². The molecule has 94 valence electrons. The van der Waals surface area contributed by atoms with E-state index in [1.807, 2.05) is 6.92 Å². The fourth-order valence-corrected chi connectivity index (χ4v) is 4.25. The van der Waals surface area contributed by atoms with Crippen LogP contribution >= 0.6 is 31.9 Å². The second-order valence-electron chi connectivity index (χ2n) is 4.33. The van der Waals surface area contributed by atoms with Gasteiger partial charge in [-0.3, -0.25) is 0 Å². The van der Waals surface area contributed by atoms with Crippen LogP contribution in [-0.2, 0) is 10.0 Å². The van der Waals surface area contributed by atoms with E-state index < -0.39 is 10.0 Å².